The molecule has 1 unspecified atom stereocenters. The predicted molar refractivity (Wildman–Crippen MR) is 107 cm³/mol. The molecule has 2 aromatic heterocycles. The zero-order chi connectivity index (χ0) is 19.2. The Hall–Kier alpha value is -2.16. The first-order valence-electron chi connectivity index (χ1n) is 8.48. The van der Waals surface area contributed by atoms with Crippen LogP contribution in [-0.4, -0.2) is 23.0 Å². The van der Waals surface area contributed by atoms with E-state index in [-0.39, 0.29) is 5.91 Å². The van der Waals surface area contributed by atoms with Crippen LogP contribution in [0.4, 0.5) is 5.13 Å². The molecule has 142 valence electrons. The zero-order valence-corrected chi connectivity index (χ0v) is 17.0. The van der Waals surface area contributed by atoms with Crippen molar-refractivity contribution in [3.05, 3.63) is 59.9 Å². The van der Waals surface area contributed by atoms with Gasteiger partial charge in [-0.15, -0.1) is 11.8 Å². The molecule has 0 saturated carbocycles. The van der Waals surface area contributed by atoms with Crippen molar-refractivity contribution >= 4 is 34.1 Å². The number of thiazole rings is 1. The molecule has 0 spiro atoms. The maximum Gasteiger partial charge on any atom is 0.259 e. The van der Waals surface area contributed by atoms with E-state index in [0.29, 0.717) is 22.7 Å². The number of carbonyl (C=O) groups excluding carboxylic acids is 1. The Bertz CT molecular complexity index is 877. The minimum absolute atomic E-state index is 0.246. The van der Waals surface area contributed by atoms with E-state index in [1.165, 1.54) is 18.4 Å². The van der Waals surface area contributed by atoms with Gasteiger partial charge in [-0.2, -0.15) is 0 Å². The van der Waals surface area contributed by atoms with Crippen molar-refractivity contribution < 1.29 is 13.9 Å². The van der Waals surface area contributed by atoms with Gasteiger partial charge in [0.15, 0.2) is 11.2 Å². The molecule has 1 aromatic carbocycles. The number of nitrogens with one attached hydrogen (secondary N) is 1. The van der Waals surface area contributed by atoms with Gasteiger partial charge in [-0.3, -0.25) is 10.1 Å². The molecule has 8 heteroatoms. The van der Waals surface area contributed by atoms with Crippen LogP contribution < -0.4 is 5.32 Å². The van der Waals surface area contributed by atoms with Crippen LogP contribution >= 0.6 is 23.1 Å². The molecule has 0 bridgehead atoms. The highest BCUT2D eigenvalue weighted by Crippen LogP contribution is 2.31. The van der Waals surface area contributed by atoms with Crippen molar-refractivity contribution in [2.45, 2.75) is 35.8 Å². The van der Waals surface area contributed by atoms with Crippen LogP contribution in [-0.2, 0) is 15.3 Å². The third kappa shape index (κ3) is 5.18. The third-order valence-corrected chi connectivity index (χ3v) is 5.86. The van der Waals surface area contributed by atoms with Crippen molar-refractivity contribution in [1.82, 2.24) is 9.97 Å². The van der Waals surface area contributed by atoms with Gasteiger partial charge in [-0.25, -0.2) is 9.97 Å². The fourth-order valence-corrected chi connectivity index (χ4v) is 4.10. The lowest BCUT2D eigenvalue weighted by atomic mass is 10.1. The monoisotopic (exact) mass is 403 g/mol. The molecule has 6 nitrogen and oxygen atoms in total. The van der Waals surface area contributed by atoms with Crippen molar-refractivity contribution in [3.63, 3.8) is 0 Å². The summed E-state index contributed by atoms with van der Waals surface area (Å²) in [6.45, 7) is 4.14. The van der Waals surface area contributed by atoms with Crippen molar-refractivity contribution in [3.8, 4) is 0 Å². The Morgan fingerprint density at radius 2 is 2.04 bits per heavy atom. The van der Waals surface area contributed by atoms with E-state index in [1.807, 2.05) is 30.3 Å². The number of ether oxygens (including phenoxy) is 1. The van der Waals surface area contributed by atoms with E-state index < -0.39 is 6.10 Å². The Morgan fingerprint density at radius 1 is 1.26 bits per heavy atom. The summed E-state index contributed by atoms with van der Waals surface area (Å²) in [5.41, 5.74) is 0.800. The highest BCUT2D eigenvalue weighted by molar-refractivity contribution is 8.00. The Kier molecular flexibility index (Phi) is 6.65. The maximum atomic E-state index is 12.5. The quantitative estimate of drug-likeness (QED) is 0.541. The number of rotatable bonds is 8. The zero-order valence-electron chi connectivity index (χ0n) is 15.3. The lowest BCUT2D eigenvalue weighted by molar-refractivity contribution is -0.126. The van der Waals surface area contributed by atoms with Crippen LogP contribution in [0, 0.1) is 0 Å². The normalized spacial score (nSPS) is 12.3. The summed E-state index contributed by atoms with van der Waals surface area (Å²) in [6, 6.07) is 9.37. The predicted octanol–water partition coefficient (Wildman–Crippen LogP) is 4.87. The number of benzene rings is 1. The van der Waals surface area contributed by atoms with Crippen molar-refractivity contribution in [2.75, 3.05) is 12.4 Å². The molecule has 0 aliphatic rings. The molecule has 1 N–H and O–H groups in total. The van der Waals surface area contributed by atoms with Crippen molar-refractivity contribution in [2.24, 2.45) is 0 Å². The second-order valence-corrected chi connectivity index (χ2v) is 8.41. The summed E-state index contributed by atoms with van der Waals surface area (Å²) >= 11 is 2.99. The van der Waals surface area contributed by atoms with Crippen LogP contribution in [0.15, 0.2) is 51.4 Å². The molecule has 3 aromatic rings. The minimum atomic E-state index is -0.673. The average molecular weight is 404 g/mol. The molecule has 27 heavy (non-hydrogen) atoms. The number of methoxy groups -OCH3 is 1. The van der Waals surface area contributed by atoms with Gasteiger partial charge in [0.25, 0.3) is 5.91 Å². The first-order chi connectivity index (χ1) is 13.1. The van der Waals surface area contributed by atoms with Gasteiger partial charge in [-0.05, 0) is 5.56 Å². The number of hydrogen-bond donors (Lipinski definition) is 1. The molecule has 0 saturated heterocycles. The highest BCUT2D eigenvalue weighted by Gasteiger charge is 2.21. The van der Waals surface area contributed by atoms with Crippen LogP contribution in [0.5, 0.6) is 0 Å². The van der Waals surface area contributed by atoms with Crippen LogP contribution in [0.1, 0.15) is 43.1 Å². The van der Waals surface area contributed by atoms with Gasteiger partial charge in [0.05, 0.1) is 22.4 Å². The topological polar surface area (TPSA) is 77.2 Å². The minimum Gasteiger partial charge on any atom is -0.445 e. The summed E-state index contributed by atoms with van der Waals surface area (Å²) in [4.78, 5) is 21.1. The first kappa shape index (κ1) is 19.6. The smallest absolute Gasteiger partial charge is 0.259 e. The Balaban J connectivity index is 1.57. The second kappa shape index (κ2) is 9.16. The summed E-state index contributed by atoms with van der Waals surface area (Å²) in [7, 11) is 1.52. The van der Waals surface area contributed by atoms with E-state index in [1.54, 1.807) is 24.2 Å². The molecule has 3 rings (SSSR count). The second-order valence-electron chi connectivity index (χ2n) is 6.10. The van der Waals surface area contributed by atoms with E-state index >= 15 is 0 Å². The summed E-state index contributed by atoms with van der Waals surface area (Å²) < 4.78 is 12.0. The molecule has 1 atom stereocenters. The Morgan fingerprint density at radius 3 is 2.70 bits per heavy atom. The number of carbonyl (C=O) groups is 1. The van der Waals surface area contributed by atoms with E-state index in [9.17, 15) is 4.79 Å². The molecular formula is C19H21N3O3S2. The van der Waals surface area contributed by atoms with Crippen LogP contribution in [0.25, 0.3) is 0 Å². The van der Waals surface area contributed by atoms with Gasteiger partial charge < -0.3 is 9.15 Å². The SMILES string of the molecule is COC(C(=O)Nc1ncc(SCc2ncc(C(C)C)o2)s1)c1ccccc1. The lowest BCUT2D eigenvalue weighted by Crippen LogP contribution is -2.22. The van der Waals surface area contributed by atoms with Gasteiger partial charge in [-0.1, -0.05) is 55.5 Å². The molecule has 1 amide bonds. The number of anilines is 1. The third-order valence-electron chi connectivity index (χ3n) is 3.77. The Labute approximate surface area is 166 Å². The number of aromatic nitrogens is 2. The number of oxazole rings is 1. The average Bonchev–Trinajstić information content (AvgIpc) is 3.31. The molecule has 0 fully saturated rings. The number of thioether (sulfide) groups is 1. The molecule has 0 radical (unpaired) electrons. The van der Waals surface area contributed by atoms with E-state index in [0.717, 1.165) is 15.5 Å². The summed E-state index contributed by atoms with van der Waals surface area (Å²) in [5.74, 6) is 2.26. The fraction of sp³-hybridized carbons (Fsp3) is 0.316. The fourth-order valence-electron chi connectivity index (χ4n) is 2.37. The number of amides is 1. The van der Waals surface area contributed by atoms with Gasteiger partial charge >= 0.3 is 0 Å². The number of hydrogen-bond acceptors (Lipinski definition) is 7. The first-order valence-corrected chi connectivity index (χ1v) is 10.3. The lowest BCUT2D eigenvalue weighted by Gasteiger charge is -2.14. The molecule has 2 heterocycles. The number of nitrogens with zero attached hydrogens (tertiary/aromatic N) is 2. The van der Waals surface area contributed by atoms with Crippen LogP contribution in [0.3, 0.4) is 0 Å². The molecule has 0 aliphatic carbocycles. The molecule has 0 aliphatic heterocycles. The standard InChI is InChI=1S/C19H21N3O3S2/c1-12(2)14-9-20-15(25-14)11-26-16-10-21-19(27-16)22-18(23)17(24-3)13-7-5-4-6-8-13/h4-10,12,17H,11H2,1-3H3,(H,21,22,23). The molecular weight excluding hydrogens is 382 g/mol. The maximum absolute atomic E-state index is 12.5. The van der Waals surface area contributed by atoms with E-state index in [4.69, 9.17) is 9.15 Å². The highest BCUT2D eigenvalue weighted by atomic mass is 32.2. The van der Waals surface area contributed by atoms with Crippen molar-refractivity contribution in [1.29, 1.82) is 0 Å². The van der Waals surface area contributed by atoms with E-state index in [2.05, 4.69) is 29.1 Å². The summed E-state index contributed by atoms with van der Waals surface area (Å²) in [6.07, 6.45) is 2.84. The largest absolute Gasteiger partial charge is 0.445 e. The summed E-state index contributed by atoms with van der Waals surface area (Å²) in [5, 5.41) is 3.36. The van der Waals surface area contributed by atoms with Gasteiger partial charge in [0.2, 0.25) is 5.89 Å². The van der Waals surface area contributed by atoms with Gasteiger partial charge in [0, 0.05) is 13.0 Å². The van der Waals surface area contributed by atoms with Gasteiger partial charge in [0.1, 0.15) is 5.76 Å². The van der Waals surface area contributed by atoms with Crippen LogP contribution in [0.2, 0.25) is 0 Å².